The fraction of sp³-hybridized carbons (Fsp3) is 0.286. The van der Waals surface area contributed by atoms with Gasteiger partial charge in [-0.1, -0.05) is 0 Å². The number of fused-ring (bicyclic) bond motifs is 1. The van der Waals surface area contributed by atoms with Crippen molar-refractivity contribution in [1.82, 2.24) is 4.98 Å². The molecule has 8 heteroatoms. The van der Waals surface area contributed by atoms with Crippen molar-refractivity contribution in [2.75, 3.05) is 10.0 Å². The molecule has 0 saturated carbocycles. The molecule has 1 amide bonds. The van der Waals surface area contributed by atoms with E-state index >= 15 is 0 Å². The summed E-state index contributed by atoms with van der Waals surface area (Å²) in [5.41, 5.74) is 1.52. The lowest BCUT2D eigenvalue weighted by molar-refractivity contribution is -0.116. The Kier molecular flexibility index (Phi) is 3.88. The molecule has 1 aromatic heterocycles. The fourth-order valence-corrected chi connectivity index (χ4v) is 4.25. The highest BCUT2D eigenvalue weighted by atomic mass is 32.2. The topological polar surface area (TPSA) is 88.2 Å². The van der Waals surface area contributed by atoms with Crippen molar-refractivity contribution in [3.63, 3.8) is 0 Å². The van der Waals surface area contributed by atoms with Gasteiger partial charge in [0.2, 0.25) is 5.91 Å². The molecule has 2 N–H and O–H groups in total. The maximum Gasteiger partial charge on any atom is 0.263 e. The van der Waals surface area contributed by atoms with Gasteiger partial charge in [-0.2, -0.15) is 0 Å². The molecular formula is C14H15N3O3S2. The Bertz CT molecular complexity index is 828. The van der Waals surface area contributed by atoms with E-state index in [4.69, 9.17) is 0 Å². The SMILES string of the molecule is Cc1cnc(NS(=O)(=O)c2ccc3c(c2)CCCC(=O)N3)s1. The Morgan fingerprint density at radius 3 is 2.86 bits per heavy atom. The molecule has 2 heterocycles. The molecule has 0 bridgehead atoms. The van der Waals surface area contributed by atoms with E-state index in [1.807, 2.05) is 6.92 Å². The number of hydrogen-bond acceptors (Lipinski definition) is 5. The first kappa shape index (κ1) is 15.0. The van der Waals surface area contributed by atoms with Gasteiger partial charge in [-0.25, -0.2) is 13.4 Å². The Balaban J connectivity index is 1.91. The van der Waals surface area contributed by atoms with Crippen LogP contribution in [0.4, 0.5) is 10.8 Å². The highest BCUT2D eigenvalue weighted by molar-refractivity contribution is 7.93. The van der Waals surface area contributed by atoms with E-state index < -0.39 is 10.0 Å². The lowest BCUT2D eigenvalue weighted by Crippen LogP contribution is -2.14. The summed E-state index contributed by atoms with van der Waals surface area (Å²) in [6.45, 7) is 1.86. The summed E-state index contributed by atoms with van der Waals surface area (Å²) in [5.74, 6) is -0.0363. The van der Waals surface area contributed by atoms with E-state index in [2.05, 4.69) is 15.0 Å². The van der Waals surface area contributed by atoms with Crippen molar-refractivity contribution >= 4 is 38.1 Å². The normalized spacial score (nSPS) is 14.9. The number of nitrogens with zero attached hydrogens (tertiary/aromatic N) is 1. The number of anilines is 2. The van der Waals surface area contributed by atoms with Gasteiger partial charge in [0.1, 0.15) is 0 Å². The molecule has 1 aliphatic rings. The third-order valence-electron chi connectivity index (χ3n) is 3.35. The molecule has 2 aromatic rings. The highest BCUT2D eigenvalue weighted by Crippen LogP contribution is 2.27. The minimum absolute atomic E-state index is 0.0363. The van der Waals surface area contributed by atoms with Crippen LogP contribution in [0.15, 0.2) is 29.3 Å². The first-order valence-electron chi connectivity index (χ1n) is 6.82. The third kappa shape index (κ3) is 3.12. The van der Waals surface area contributed by atoms with Crippen molar-refractivity contribution in [2.45, 2.75) is 31.1 Å². The maximum atomic E-state index is 12.4. The number of carbonyl (C=O) groups excluding carboxylic acids is 1. The summed E-state index contributed by atoms with van der Waals surface area (Å²) in [6, 6.07) is 4.75. The molecule has 1 aliphatic heterocycles. The smallest absolute Gasteiger partial charge is 0.263 e. The average molecular weight is 337 g/mol. The Morgan fingerprint density at radius 2 is 2.14 bits per heavy atom. The molecule has 1 aromatic carbocycles. The van der Waals surface area contributed by atoms with Crippen LogP contribution < -0.4 is 10.0 Å². The van der Waals surface area contributed by atoms with Crippen molar-refractivity contribution in [2.24, 2.45) is 0 Å². The van der Waals surface area contributed by atoms with Crippen LogP contribution in [0.1, 0.15) is 23.3 Å². The van der Waals surface area contributed by atoms with Crippen LogP contribution >= 0.6 is 11.3 Å². The quantitative estimate of drug-likeness (QED) is 0.901. The molecule has 116 valence electrons. The van der Waals surface area contributed by atoms with Crippen molar-refractivity contribution in [1.29, 1.82) is 0 Å². The number of aromatic nitrogens is 1. The second-order valence-corrected chi connectivity index (χ2v) is 8.02. The zero-order chi connectivity index (χ0) is 15.7. The molecule has 6 nitrogen and oxygen atoms in total. The molecule has 0 unspecified atom stereocenters. The van der Waals surface area contributed by atoms with Crippen molar-refractivity contribution < 1.29 is 13.2 Å². The number of amides is 1. The predicted molar refractivity (Wildman–Crippen MR) is 85.7 cm³/mol. The van der Waals surface area contributed by atoms with Crippen LogP contribution in [-0.2, 0) is 21.2 Å². The van der Waals surface area contributed by atoms with Crippen LogP contribution in [-0.4, -0.2) is 19.3 Å². The molecule has 22 heavy (non-hydrogen) atoms. The molecule has 0 fully saturated rings. The van der Waals surface area contributed by atoms with Gasteiger partial charge in [0, 0.05) is 23.2 Å². The summed E-state index contributed by atoms with van der Waals surface area (Å²) < 4.78 is 27.3. The van der Waals surface area contributed by atoms with Gasteiger partial charge < -0.3 is 5.32 Å². The molecular weight excluding hydrogens is 322 g/mol. The van der Waals surface area contributed by atoms with Gasteiger partial charge in [0.05, 0.1) is 4.90 Å². The first-order chi connectivity index (χ1) is 10.4. The Labute approximate surface area is 132 Å². The van der Waals surface area contributed by atoms with Gasteiger partial charge >= 0.3 is 0 Å². The number of nitrogens with one attached hydrogen (secondary N) is 2. The fourth-order valence-electron chi connectivity index (χ4n) is 2.29. The lowest BCUT2D eigenvalue weighted by atomic mass is 10.1. The molecule has 3 rings (SSSR count). The Morgan fingerprint density at radius 1 is 1.32 bits per heavy atom. The van der Waals surface area contributed by atoms with Crippen LogP contribution in [0.3, 0.4) is 0 Å². The monoisotopic (exact) mass is 337 g/mol. The van der Waals surface area contributed by atoms with E-state index in [1.165, 1.54) is 17.4 Å². The number of thiazole rings is 1. The second-order valence-electron chi connectivity index (χ2n) is 5.10. The standard InChI is InChI=1S/C14H15N3O3S2/c1-9-8-15-14(21-9)17-22(19,20)11-5-6-12-10(7-11)3-2-4-13(18)16-12/h5-8H,2-4H2,1H3,(H,15,17)(H,16,18). The molecule has 0 aliphatic carbocycles. The Hall–Kier alpha value is -1.93. The van der Waals surface area contributed by atoms with Gasteiger partial charge in [0.15, 0.2) is 5.13 Å². The van der Waals surface area contributed by atoms with Crippen molar-refractivity contribution in [3.8, 4) is 0 Å². The lowest BCUT2D eigenvalue weighted by Gasteiger charge is -2.10. The van der Waals surface area contributed by atoms with Crippen LogP contribution in [0.2, 0.25) is 0 Å². The van der Waals surface area contributed by atoms with Gasteiger partial charge in [-0.15, -0.1) is 11.3 Å². The number of carbonyl (C=O) groups is 1. The van der Waals surface area contributed by atoms with Crippen LogP contribution in [0.25, 0.3) is 0 Å². The molecule has 0 atom stereocenters. The van der Waals surface area contributed by atoms with Gasteiger partial charge in [-0.05, 0) is 43.5 Å². The zero-order valence-corrected chi connectivity index (χ0v) is 13.6. The van der Waals surface area contributed by atoms with Gasteiger partial charge in [-0.3, -0.25) is 9.52 Å². The average Bonchev–Trinajstić information content (AvgIpc) is 2.75. The summed E-state index contributed by atoms with van der Waals surface area (Å²) in [4.78, 5) is 16.6. The maximum absolute atomic E-state index is 12.4. The van der Waals surface area contributed by atoms with Crippen LogP contribution in [0.5, 0.6) is 0 Å². The van der Waals surface area contributed by atoms with Crippen LogP contribution in [0, 0.1) is 6.92 Å². The molecule has 0 radical (unpaired) electrons. The summed E-state index contributed by atoms with van der Waals surface area (Å²) in [6.07, 6.45) is 3.46. The highest BCUT2D eigenvalue weighted by Gasteiger charge is 2.19. The predicted octanol–water partition coefficient (Wildman–Crippen LogP) is 2.53. The van der Waals surface area contributed by atoms with E-state index in [-0.39, 0.29) is 10.8 Å². The summed E-state index contributed by atoms with van der Waals surface area (Å²) >= 11 is 1.28. The molecule has 0 saturated heterocycles. The number of benzene rings is 1. The number of hydrogen-bond donors (Lipinski definition) is 2. The number of sulfonamides is 1. The number of rotatable bonds is 3. The molecule has 0 spiro atoms. The minimum atomic E-state index is -3.67. The summed E-state index contributed by atoms with van der Waals surface area (Å²) in [7, 11) is -3.67. The summed E-state index contributed by atoms with van der Waals surface area (Å²) in [5, 5.41) is 3.14. The first-order valence-corrected chi connectivity index (χ1v) is 9.12. The third-order valence-corrected chi connectivity index (χ3v) is 5.65. The minimum Gasteiger partial charge on any atom is -0.326 e. The van der Waals surface area contributed by atoms with Crippen molar-refractivity contribution in [3.05, 3.63) is 34.8 Å². The van der Waals surface area contributed by atoms with E-state index in [0.717, 1.165) is 10.4 Å². The second kappa shape index (κ2) is 5.69. The van der Waals surface area contributed by atoms with E-state index in [9.17, 15) is 13.2 Å². The van der Waals surface area contributed by atoms with Gasteiger partial charge in [0.25, 0.3) is 10.0 Å². The van der Waals surface area contributed by atoms with E-state index in [1.54, 1.807) is 18.3 Å². The van der Waals surface area contributed by atoms with E-state index in [0.29, 0.717) is 30.1 Å². The number of aryl methyl sites for hydroxylation is 2. The zero-order valence-electron chi connectivity index (χ0n) is 11.9. The largest absolute Gasteiger partial charge is 0.326 e.